The van der Waals surface area contributed by atoms with Crippen molar-refractivity contribution >= 4 is 28.4 Å². The van der Waals surface area contributed by atoms with Crippen molar-refractivity contribution in [3.8, 4) is 22.0 Å². The Kier molecular flexibility index (Phi) is 4.64. The van der Waals surface area contributed by atoms with Crippen LogP contribution in [-0.2, 0) is 0 Å². The van der Waals surface area contributed by atoms with Crippen LogP contribution in [-0.4, -0.2) is 15.0 Å². The molecule has 0 spiro atoms. The molecule has 0 amide bonds. The summed E-state index contributed by atoms with van der Waals surface area (Å²) >= 11 is 1.65. The number of benzene rings is 3. The van der Waals surface area contributed by atoms with Gasteiger partial charge >= 0.3 is 0 Å². The number of imidazole rings is 1. The van der Waals surface area contributed by atoms with Crippen LogP contribution in [0.3, 0.4) is 0 Å². The molecule has 0 saturated carbocycles. The van der Waals surface area contributed by atoms with Crippen molar-refractivity contribution in [2.24, 2.45) is 0 Å². The first kappa shape index (κ1) is 17.4. The summed E-state index contributed by atoms with van der Waals surface area (Å²) in [6.45, 7) is 0. The molecule has 5 rings (SSSR count). The molecular weight excluding hydrogens is 376 g/mol. The van der Waals surface area contributed by atoms with Gasteiger partial charge in [-0.2, -0.15) is 0 Å². The van der Waals surface area contributed by atoms with Gasteiger partial charge in [0.1, 0.15) is 10.8 Å². The van der Waals surface area contributed by atoms with Crippen LogP contribution in [0.5, 0.6) is 0 Å². The van der Waals surface area contributed by atoms with Crippen LogP contribution in [0.2, 0.25) is 0 Å². The Morgan fingerprint density at radius 3 is 2.10 bits per heavy atom. The average Bonchev–Trinajstić information content (AvgIpc) is 3.50. The van der Waals surface area contributed by atoms with Gasteiger partial charge in [0, 0.05) is 52.2 Å². The molecule has 0 atom stereocenters. The number of hydrogen-bond donors (Lipinski definition) is 1. The van der Waals surface area contributed by atoms with E-state index in [9.17, 15) is 0 Å². The van der Waals surface area contributed by atoms with E-state index in [0.29, 0.717) is 0 Å². The van der Waals surface area contributed by atoms with Gasteiger partial charge in [-0.05, 0) is 36.4 Å². The standard InChI is InChI=1S/C24H18N4S/c1-2-8-20(9-3-1)28(21-10-4-6-18(16-21)23-25-12-13-26-23)22-11-5-7-19(17-22)24-27-14-15-29-24/h1-17H,(H,25,26). The first-order valence-corrected chi connectivity index (χ1v) is 10.2. The van der Waals surface area contributed by atoms with E-state index < -0.39 is 0 Å². The maximum absolute atomic E-state index is 4.47. The maximum Gasteiger partial charge on any atom is 0.137 e. The normalized spacial score (nSPS) is 10.8. The van der Waals surface area contributed by atoms with Crippen LogP contribution in [0.4, 0.5) is 17.1 Å². The lowest BCUT2D eigenvalue weighted by atomic mass is 10.1. The Morgan fingerprint density at radius 1 is 0.690 bits per heavy atom. The van der Waals surface area contributed by atoms with Gasteiger partial charge in [-0.3, -0.25) is 0 Å². The molecule has 5 heteroatoms. The number of anilines is 3. The molecule has 29 heavy (non-hydrogen) atoms. The Bertz CT molecular complexity index is 1120. The fourth-order valence-electron chi connectivity index (χ4n) is 3.38. The summed E-state index contributed by atoms with van der Waals surface area (Å²) < 4.78 is 0. The summed E-state index contributed by atoms with van der Waals surface area (Å²) in [5.41, 5.74) is 5.41. The molecule has 140 valence electrons. The Labute approximate surface area is 173 Å². The van der Waals surface area contributed by atoms with Gasteiger partial charge in [0.15, 0.2) is 0 Å². The SMILES string of the molecule is c1ccc(N(c2cccc(-c3ncc[nH]3)c2)c2cccc(-c3nccs3)c2)cc1. The monoisotopic (exact) mass is 394 g/mol. The Morgan fingerprint density at radius 2 is 1.41 bits per heavy atom. The average molecular weight is 395 g/mol. The molecule has 0 fully saturated rings. The predicted octanol–water partition coefficient (Wildman–Crippen LogP) is 6.67. The van der Waals surface area contributed by atoms with Gasteiger partial charge in [0.25, 0.3) is 0 Å². The van der Waals surface area contributed by atoms with Crippen molar-refractivity contribution in [1.29, 1.82) is 0 Å². The van der Waals surface area contributed by atoms with Crippen LogP contribution in [0.1, 0.15) is 0 Å². The first-order valence-electron chi connectivity index (χ1n) is 9.33. The van der Waals surface area contributed by atoms with Crippen molar-refractivity contribution in [2.45, 2.75) is 0 Å². The van der Waals surface area contributed by atoms with Crippen molar-refractivity contribution in [3.63, 3.8) is 0 Å². The van der Waals surface area contributed by atoms with Crippen LogP contribution >= 0.6 is 11.3 Å². The fourth-order valence-corrected chi connectivity index (χ4v) is 4.02. The molecule has 5 aromatic rings. The first-order chi connectivity index (χ1) is 14.4. The van der Waals surface area contributed by atoms with Gasteiger partial charge in [-0.1, -0.05) is 42.5 Å². The van der Waals surface area contributed by atoms with Crippen LogP contribution in [0.25, 0.3) is 22.0 Å². The number of aromatic nitrogens is 3. The topological polar surface area (TPSA) is 44.8 Å². The largest absolute Gasteiger partial charge is 0.345 e. The molecule has 0 aliphatic carbocycles. The van der Waals surface area contributed by atoms with Gasteiger partial charge in [-0.15, -0.1) is 11.3 Å². The minimum Gasteiger partial charge on any atom is -0.345 e. The second-order valence-corrected chi connectivity index (χ2v) is 7.44. The summed E-state index contributed by atoms with van der Waals surface area (Å²) in [6, 6.07) is 27.3. The molecule has 0 unspecified atom stereocenters. The molecule has 0 bridgehead atoms. The number of hydrogen-bond acceptors (Lipinski definition) is 4. The molecule has 1 N–H and O–H groups in total. The van der Waals surface area contributed by atoms with Gasteiger partial charge < -0.3 is 9.88 Å². The number of H-pyrrole nitrogens is 1. The predicted molar refractivity (Wildman–Crippen MR) is 120 cm³/mol. The van der Waals surface area contributed by atoms with E-state index >= 15 is 0 Å². The van der Waals surface area contributed by atoms with Gasteiger partial charge in [-0.25, -0.2) is 9.97 Å². The highest BCUT2D eigenvalue weighted by atomic mass is 32.1. The number of rotatable bonds is 5. The molecule has 0 saturated heterocycles. The summed E-state index contributed by atoms with van der Waals surface area (Å²) in [6.07, 6.45) is 5.46. The molecule has 4 nitrogen and oxygen atoms in total. The fraction of sp³-hybridized carbons (Fsp3) is 0. The van der Waals surface area contributed by atoms with E-state index in [-0.39, 0.29) is 0 Å². The van der Waals surface area contributed by atoms with E-state index in [1.807, 2.05) is 23.8 Å². The second kappa shape index (κ2) is 7.73. The maximum atomic E-state index is 4.47. The third-order valence-corrected chi connectivity index (χ3v) is 5.50. The molecule has 0 aliphatic heterocycles. The Balaban J connectivity index is 1.64. The van der Waals surface area contributed by atoms with Crippen LogP contribution in [0, 0.1) is 0 Å². The molecule has 0 aliphatic rings. The zero-order chi connectivity index (χ0) is 19.5. The highest BCUT2D eigenvalue weighted by molar-refractivity contribution is 7.13. The van der Waals surface area contributed by atoms with Gasteiger partial charge in [0.2, 0.25) is 0 Å². The second-order valence-electron chi connectivity index (χ2n) is 6.55. The van der Waals surface area contributed by atoms with E-state index in [2.05, 4.69) is 92.6 Å². The lowest BCUT2D eigenvalue weighted by Crippen LogP contribution is -2.10. The summed E-state index contributed by atoms with van der Waals surface area (Å²) in [4.78, 5) is 14.3. The number of nitrogens with zero attached hydrogens (tertiary/aromatic N) is 3. The highest BCUT2D eigenvalue weighted by Crippen LogP contribution is 2.37. The van der Waals surface area contributed by atoms with E-state index in [4.69, 9.17) is 0 Å². The highest BCUT2D eigenvalue weighted by Gasteiger charge is 2.14. The molecular formula is C24H18N4S. The third kappa shape index (κ3) is 3.56. The zero-order valence-corrected chi connectivity index (χ0v) is 16.4. The molecule has 0 radical (unpaired) electrons. The number of aromatic amines is 1. The van der Waals surface area contributed by atoms with Crippen molar-refractivity contribution < 1.29 is 0 Å². The quantitative estimate of drug-likeness (QED) is 0.362. The number of para-hydroxylation sites is 1. The number of nitrogens with one attached hydrogen (secondary N) is 1. The number of thiazole rings is 1. The molecule has 2 heterocycles. The lowest BCUT2D eigenvalue weighted by molar-refractivity contribution is 1.27. The van der Waals surface area contributed by atoms with Crippen molar-refractivity contribution in [2.75, 3.05) is 4.90 Å². The van der Waals surface area contributed by atoms with Crippen LogP contribution < -0.4 is 4.90 Å². The summed E-state index contributed by atoms with van der Waals surface area (Å²) in [7, 11) is 0. The van der Waals surface area contributed by atoms with E-state index in [1.54, 1.807) is 17.5 Å². The molecule has 3 aromatic carbocycles. The minimum absolute atomic E-state index is 0.858. The Hall–Kier alpha value is -3.70. The molecule has 2 aromatic heterocycles. The van der Waals surface area contributed by atoms with E-state index in [1.165, 1.54) is 0 Å². The van der Waals surface area contributed by atoms with Gasteiger partial charge in [0.05, 0.1) is 0 Å². The zero-order valence-electron chi connectivity index (χ0n) is 15.6. The summed E-state index contributed by atoms with van der Waals surface area (Å²) in [5, 5.41) is 3.02. The van der Waals surface area contributed by atoms with E-state index in [0.717, 1.165) is 39.0 Å². The minimum atomic E-state index is 0.858. The van der Waals surface area contributed by atoms with Crippen molar-refractivity contribution in [1.82, 2.24) is 15.0 Å². The lowest BCUT2D eigenvalue weighted by Gasteiger charge is -2.26. The third-order valence-electron chi connectivity index (χ3n) is 4.67. The van der Waals surface area contributed by atoms with Crippen LogP contribution in [0.15, 0.2) is 103 Å². The smallest absolute Gasteiger partial charge is 0.137 e. The van der Waals surface area contributed by atoms with Crippen molar-refractivity contribution in [3.05, 3.63) is 103 Å². The summed E-state index contributed by atoms with van der Waals surface area (Å²) in [5.74, 6) is 0.858.